The van der Waals surface area contributed by atoms with E-state index in [0.29, 0.717) is 19.3 Å². The Labute approximate surface area is 405 Å². The highest BCUT2D eigenvalue weighted by molar-refractivity contribution is 5.81. The van der Waals surface area contributed by atoms with Crippen LogP contribution in [0.1, 0.15) is 181 Å². The van der Waals surface area contributed by atoms with Crippen molar-refractivity contribution in [3.05, 3.63) is 97.2 Å². The lowest BCUT2D eigenvalue weighted by atomic mass is 9.99. The van der Waals surface area contributed by atoms with E-state index >= 15 is 0 Å². The van der Waals surface area contributed by atoms with E-state index < -0.39 is 67.4 Å². The van der Waals surface area contributed by atoms with Crippen LogP contribution in [0.2, 0.25) is 0 Å². The molecule has 1 aliphatic rings. The van der Waals surface area contributed by atoms with E-state index in [1.165, 1.54) is 89.9 Å². The number of aliphatic hydroxyl groups is 5. The van der Waals surface area contributed by atoms with Gasteiger partial charge in [0.25, 0.3) is 0 Å². The van der Waals surface area contributed by atoms with E-state index in [2.05, 4.69) is 44.3 Å². The van der Waals surface area contributed by atoms with Crippen molar-refractivity contribution in [2.75, 3.05) is 13.2 Å². The molecule has 0 aromatic heterocycles. The maximum absolute atomic E-state index is 13.3. The minimum atomic E-state index is -1.65. The molecule has 11 heteroatoms. The number of esters is 1. The third-order valence-electron chi connectivity index (χ3n) is 11.6. The molecule has 1 rings (SSSR count). The van der Waals surface area contributed by atoms with Gasteiger partial charge in [0.15, 0.2) is 12.4 Å². The zero-order valence-electron chi connectivity index (χ0n) is 41.7. The highest BCUT2D eigenvalue weighted by Crippen LogP contribution is 2.26. The smallest absolute Gasteiger partial charge is 0.306 e. The van der Waals surface area contributed by atoms with Gasteiger partial charge in [0.05, 0.1) is 25.4 Å². The number of carbonyl (C=O) groups is 2. The van der Waals surface area contributed by atoms with Gasteiger partial charge in [-0.1, -0.05) is 214 Å². The summed E-state index contributed by atoms with van der Waals surface area (Å²) in [5.74, 6) is -1.36. The van der Waals surface area contributed by atoms with E-state index in [4.69, 9.17) is 14.2 Å². The van der Waals surface area contributed by atoms with E-state index in [1.807, 2.05) is 66.8 Å². The summed E-state index contributed by atoms with van der Waals surface area (Å²) in [6, 6.07) is -1.07. The molecular weight excluding hydrogens is 847 g/mol. The lowest BCUT2D eigenvalue weighted by molar-refractivity contribution is -0.305. The summed E-state index contributed by atoms with van der Waals surface area (Å²) in [6.45, 7) is 5.51. The van der Waals surface area contributed by atoms with Crippen LogP contribution in [0.4, 0.5) is 0 Å². The second-order valence-electron chi connectivity index (χ2n) is 17.7. The van der Waals surface area contributed by atoms with Crippen molar-refractivity contribution < 1.29 is 49.3 Å². The van der Waals surface area contributed by atoms with Crippen molar-refractivity contribution in [2.24, 2.45) is 0 Å². The van der Waals surface area contributed by atoms with Crippen LogP contribution >= 0.6 is 0 Å². The third-order valence-corrected chi connectivity index (χ3v) is 11.6. The molecule has 1 heterocycles. The van der Waals surface area contributed by atoms with Crippen LogP contribution < -0.4 is 5.32 Å². The summed E-state index contributed by atoms with van der Waals surface area (Å²) < 4.78 is 17.4. The van der Waals surface area contributed by atoms with Crippen LogP contribution in [0.3, 0.4) is 0 Å². The average Bonchev–Trinajstić information content (AvgIpc) is 3.32. The maximum Gasteiger partial charge on any atom is 0.306 e. The lowest BCUT2D eigenvalue weighted by Crippen LogP contribution is -2.61. The monoisotopic (exact) mass is 940 g/mol. The Morgan fingerprint density at radius 3 is 1.72 bits per heavy atom. The standard InChI is InChI=1S/C56H93NO10/c1-4-7-10-13-16-19-22-25-28-30-33-36-39-42-48(59)47(57-55(64)49(60)43-40-37-34-31-27-24-21-18-15-12-9-6-3)46-65-56-54(53(63)52(62)50(45-58)66-56)67-51(61)44-41-38-35-32-29-26-23-20-17-14-11-8-5-2/h8,11,14,17,20,23,26-27,29,31-32,35,37,39-40,42,47-50,52-54,56,58-60,62-63H,4-7,9-10,12-13,15-16,18-19,21-22,24-25,28,30,33-34,36,38,41,43-46H2,1-3H3,(H,57,64)/b11-8+,17-14+,23-20-,29-26-,31-27-,35-32+,40-37+,42-39+. The predicted octanol–water partition coefficient (Wildman–Crippen LogP) is 10.8. The Morgan fingerprint density at radius 1 is 0.612 bits per heavy atom. The first-order valence-electron chi connectivity index (χ1n) is 26.1. The van der Waals surface area contributed by atoms with Gasteiger partial charge in [-0.2, -0.15) is 0 Å². The Bertz CT molecular complexity index is 1450. The highest BCUT2D eigenvalue weighted by atomic mass is 16.7. The van der Waals surface area contributed by atoms with Gasteiger partial charge >= 0.3 is 5.97 Å². The Morgan fingerprint density at radius 2 is 1.13 bits per heavy atom. The number of aliphatic hydroxyl groups excluding tert-OH is 5. The zero-order valence-corrected chi connectivity index (χ0v) is 41.7. The molecule has 382 valence electrons. The minimum Gasteiger partial charge on any atom is -0.454 e. The van der Waals surface area contributed by atoms with Crippen molar-refractivity contribution in [3.63, 3.8) is 0 Å². The fourth-order valence-corrected chi connectivity index (χ4v) is 7.43. The maximum atomic E-state index is 13.3. The average molecular weight is 940 g/mol. The molecule has 0 aliphatic carbocycles. The quantitative estimate of drug-likeness (QED) is 0.0150. The molecule has 67 heavy (non-hydrogen) atoms. The lowest BCUT2D eigenvalue weighted by Gasteiger charge is -2.41. The van der Waals surface area contributed by atoms with E-state index in [1.54, 1.807) is 12.2 Å². The number of allylic oxidation sites excluding steroid dienone is 14. The largest absolute Gasteiger partial charge is 0.454 e. The van der Waals surface area contributed by atoms with Crippen LogP contribution in [0, 0.1) is 0 Å². The van der Waals surface area contributed by atoms with Gasteiger partial charge in [-0.25, -0.2) is 0 Å². The second-order valence-corrected chi connectivity index (χ2v) is 17.7. The Hall–Kier alpha value is -3.42. The summed E-state index contributed by atoms with van der Waals surface area (Å²) in [6.07, 6.45) is 46.4. The number of unbranched alkanes of at least 4 members (excludes halogenated alkanes) is 18. The van der Waals surface area contributed by atoms with Crippen LogP contribution in [-0.4, -0.2) is 99.6 Å². The van der Waals surface area contributed by atoms with Crippen molar-refractivity contribution in [1.29, 1.82) is 0 Å². The summed E-state index contributed by atoms with van der Waals surface area (Å²) in [7, 11) is 0. The second kappa shape index (κ2) is 43.8. The van der Waals surface area contributed by atoms with Gasteiger partial charge in [0.1, 0.15) is 24.4 Å². The van der Waals surface area contributed by atoms with E-state index in [9.17, 15) is 35.1 Å². The molecule has 0 aromatic rings. The third kappa shape index (κ3) is 32.9. The summed E-state index contributed by atoms with van der Waals surface area (Å²) in [5, 5.41) is 56.4. The summed E-state index contributed by atoms with van der Waals surface area (Å²) in [5.41, 5.74) is 0. The van der Waals surface area contributed by atoms with E-state index in [0.717, 1.165) is 38.5 Å². The van der Waals surface area contributed by atoms with Crippen LogP contribution in [0.15, 0.2) is 97.2 Å². The van der Waals surface area contributed by atoms with Gasteiger partial charge in [0, 0.05) is 12.8 Å². The summed E-state index contributed by atoms with van der Waals surface area (Å²) in [4.78, 5) is 26.3. The first-order chi connectivity index (χ1) is 32.7. The molecule has 1 saturated heterocycles. The first-order valence-corrected chi connectivity index (χ1v) is 26.1. The van der Waals surface area contributed by atoms with Crippen LogP contribution in [0.5, 0.6) is 0 Å². The van der Waals surface area contributed by atoms with E-state index in [-0.39, 0.29) is 19.4 Å². The Balaban J connectivity index is 2.88. The molecule has 1 fully saturated rings. The zero-order chi connectivity index (χ0) is 49.0. The molecule has 8 unspecified atom stereocenters. The molecular formula is C56H93NO10. The number of amides is 1. The fourth-order valence-electron chi connectivity index (χ4n) is 7.43. The number of hydrogen-bond donors (Lipinski definition) is 6. The van der Waals surface area contributed by atoms with Gasteiger partial charge in [0.2, 0.25) is 5.91 Å². The number of hydrogen-bond acceptors (Lipinski definition) is 10. The molecule has 0 saturated carbocycles. The SMILES string of the molecule is CC/C=C/C=C/C=C\C=C/C=C/CCCC(=O)OC1C(OCC(NC(=O)C(O)C/C=C/C/C=C\CCCCCCCC)C(O)/C=C/CCCCCCCCCCCCC)OC(CO)C(O)C1O. The van der Waals surface area contributed by atoms with Crippen LogP contribution in [-0.2, 0) is 23.8 Å². The molecule has 6 N–H and O–H groups in total. The van der Waals surface area contributed by atoms with Crippen molar-refractivity contribution in [2.45, 2.75) is 230 Å². The van der Waals surface area contributed by atoms with Gasteiger partial charge in [-0.3, -0.25) is 9.59 Å². The topological polar surface area (TPSA) is 175 Å². The minimum absolute atomic E-state index is 0.0165. The highest BCUT2D eigenvalue weighted by Gasteiger charge is 2.47. The predicted molar refractivity (Wildman–Crippen MR) is 273 cm³/mol. The van der Waals surface area contributed by atoms with Crippen molar-refractivity contribution >= 4 is 11.9 Å². The normalized spacial score (nSPS) is 20.9. The van der Waals surface area contributed by atoms with Crippen LogP contribution in [0.25, 0.3) is 0 Å². The number of rotatable bonds is 41. The molecule has 1 aliphatic heterocycles. The number of nitrogens with one attached hydrogen (secondary N) is 1. The van der Waals surface area contributed by atoms with Crippen molar-refractivity contribution in [3.8, 4) is 0 Å². The molecule has 1 amide bonds. The molecule has 8 atom stereocenters. The van der Waals surface area contributed by atoms with Gasteiger partial charge < -0.3 is 45.1 Å². The Kier molecular flexibility index (Phi) is 40.3. The molecule has 0 spiro atoms. The molecule has 0 aromatic carbocycles. The number of carbonyl (C=O) groups excluding carboxylic acids is 2. The summed E-state index contributed by atoms with van der Waals surface area (Å²) >= 11 is 0. The molecule has 0 bridgehead atoms. The first kappa shape index (κ1) is 61.6. The molecule has 0 radical (unpaired) electrons. The molecule has 11 nitrogen and oxygen atoms in total. The van der Waals surface area contributed by atoms with Gasteiger partial charge in [-0.15, -0.1) is 0 Å². The number of ether oxygens (including phenoxy) is 3. The van der Waals surface area contributed by atoms with Gasteiger partial charge in [-0.05, 0) is 51.4 Å². The van der Waals surface area contributed by atoms with Crippen molar-refractivity contribution in [1.82, 2.24) is 5.32 Å². The fraction of sp³-hybridized carbons (Fsp3) is 0.679.